The van der Waals surface area contributed by atoms with Gasteiger partial charge in [0.05, 0.1) is 46.3 Å². The van der Waals surface area contributed by atoms with Crippen LogP contribution < -0.4 is 15.4 Å². The quantitative estimate of drug-likeness (QED) is 0.352. The highest BCUT2D eigenvalue weighted by atomic mass is 32.1. The number of likely N-dealkylation sites (tertiary alicyclic amines) is 1. The van der Waals surface area contributed by atoms with E-state index in [1.54, 1.807) is 30.8 Å². The summed E-state index contributed by atoms with van der Waals surface area (Å²) in [4.78, 5) is 38.6. The number of anilines is 1. The number of aromatic nitrogens is 4. The smallest absolute Gasteiger partial charge is 0.260 e. The van der Waals surface area contributed by atoms with Gasteiger partial charge in [-0.3, -0.25) is 19.5 Å². The fourth-order valence-electron chi connectivity index (χ4n) is 4.77. The molecule has 4 aromatic heterocycles. The molecule has 1 saturated heterocycles. The minimum Gasteiger partial charge on any atom is -0.481 e. The van der Waals surface area contributed by atoms with E-state index < -0.39 is 0 Å². The minimum absolute atomic E-state index is 0.167. The Morgan fingerprint density at radius 2 is 2.05 bits per heavy atom. The molecular formula is C27H31N7O3S. The number of nitrogens with one attached hydrogen (secondary N) is 2. The predicted octanol–water partition coefficient (Wildman–Crippen LogP) is 4.03. The average Bonchev–Trinajstić information content (AvgIpc) is 3.59. The van der Waals surface area contributed by atoms with Crippen molar-refractivity contribution in [3.63, 3.8) is 0 Å². The molecule has 10 nitrogen and oxygen atoms in total. The Kier molecular flexibility index (Phi) is 7.13. The van der Waals surface area contributed by atoms with Gasteiger partial charge in [-0.05, 0) is 58.4 Å². The molecule has 0 bridgehead atoms. The summed E-state index contributed by atoms with van der Waals surface area (Å²) in [6, 6.07) is 5.41. The first kappa shape index (κ1) is 25.8. The van der Waals surface area contributed by atoms with Gasteiger partial charge in [-0.15, -0.1) is 11.3 Å². The van der Waals surface area contributed by atoms with Gasteiger partial charge >= 0.3 is 0 Å². The van der Waals surface area contributed by atoms with E-state index in [1.165, 1.54) is 36.6 Å². The number of fused-ring (bicyclic) bond motifs is 1. The number of hydrogen-bond acceptors (Lipinski definition) is 8. The first-order valence-corrected chi connectivity index (χ1v) is 13.4. The number of carbonyl (C=O) groups excluding carboxylic acids is 2. The third-order valence-electron chi connectivity index (χ3n) is 7.01. The van der Waals surface area contributed by atoms with Gasteiger partial charge in [-0.2, -0.15) is 5.10 Å². The van der Waals surface area contributed by atoms with Gasteiger partial charge in [0.1, 0.15) is 4.83 Å². The average molecular weight is 534 g/mol. The zero-order chi connectivity index (χ0) is 26.9. The van der Waals surface area contributed by atoms with Crippen LogP contribution in [0.2, 0.25) is 0 Å². The predicted molar refractivity (Wildman–Crippen MR) is 147 cm³/mol. The largest absolute Gasteiger partial charge is 0.481 e. The lowest BCUT2D eigenvalue weighted by Gasteiger charge is -2.31. The molecule has 2 amide bonds. The number of carbonyl (C=O) groups is 2. The third-order valence-corrected chi connectivity index (χ3v) is 8.15. The lowest BCUT2D eigenvalue weighted by atomic mass is 10.0. The molecule has 1 aliphatic rings. The summed E-state index contributed by atoms with van der Waals surface area (Å²) in [6.45, 7) is 8.67. The molecule has 5 heterocycles. The van der Waals surface area contributed by atoms with Gasteiger partial charge in [0.2, 0.25) is 5.88 Å². The van der Waals surface area contributed by atoms with E-state index in [-0.39, 0.29) is 17.4 Å². The number of pyridine rings is 2. The summed E-state index contributed by atoms with van der Waals surface area (Å²) in [5.41, 5.74) is 2.90. The molecule has 5 rings (SSSR count). The van der Waals surface area contributed by atoms with Crippen LogP contribution in [0, 0.1) is 6.92 Å². The molecule has 0 aliphatic carbocycles. The molecule has 38 heavy (non-hydrogen) atoms. The molecule has 4 aromatic rings. The normalized spacial score (nSPS) is 15.1. The van der Waals surface area contributed by atoms with E-state index in [2.05, 4.69) is 44.4 Å². The van der Waals surface area contributed by atoms with Crippen LogP contribution >= 0.6 is 11.3 Å². The lowest BCUT2D eigenvalue weighted by molar-refractivity contribution is 0.0938. The van der Waals surface area contributed by atoms with Crippen molar-refractivity contribution in [2.24, 2.45) is 0 Å². The summed E-state index contributed by atoms with van der Waals surface area (Å²) in [5, 5.41) is 10.2. The van der Waals surface area contributed by atoms with Crippen molar-refractivity contribution >= 4 is 33.7 Å². The van der Waals surface area contributed by atoms with Crippen LogP contribution in [0.15, 0.2) is 43.0 Å². The minimum atomic E-state index is -0.328. The Bertz CT molecular complexity index is 1490. The Morgan fingerprint density at radius 1 is 1.21 bits per heavy atom. The zero-order valence-electron chi connectivity index (χ0n) is 21.9. The highest BCUT2D eigenvalue weighted by molar-refractivity contribution is 7.21. The molecule has 198 valence electrons. The van der Waals surface area contributed by atoms with E-state index in [4.69, 9.17) is 4.74 Å². The maximum absolute atomic E-state index is 13.2. The van der Waals surface area contributed by atoms with Crippen LogP contribution in [0.3, 0.4) is 0 Å². The molecule has 0 saturated carbocycles. The van der Waals surface area contributed by atoms with Gasteiger partial charge < -0.3 is 15.4 Å². The van der Waals surface area contributed by atoms with Crippen LogP contribution in [0.4, 0.5) is 5.69 Å². The van der Waals surface area contributed by atoms with Crippen molar-refractivity contribution in [1.82, 2.24) is 29.8 Å². The molecule has 0 aromatic carbocycles. The Morgan fingerprint density at radius 3 is 2.82 bits per heavy atom. The molecule has 1 aliphatic heterocycles. The Labute approximate surface area is 225 Å². The van der Waals surface area contributed by atoms with E-state index in [0.717, 1.165) is 23.5 Å². The Hall–Kier alpha value is -3.83. The van der Waals surface area contributed by atoms with Gasteiger partial charge in [-0.25, -0.2) is 9.50 Å². The fraction of sp³-hybridized carbons (Fsp3) is 0.370. The standard InChI is InChI=1S/C27H31N7O3S/c1-17-21(13-18(14-30-17)23(35)28-10-12-33-11-6-8-27(33,2)3)32-24(36)20-15-31-34-16-22(38-26(20)34)19-7-5-9-29-25(19)37-4/h5,7,9,13-16H,6,8,10-12H2,1-4H3,(H,28,35)(H,32,36). The first-order valence-electron chi connectivity index (χ1n) is 12.5. The van der Waals surface area contributed by atoms with Crippen LogP contribution in [0.1, 0.15) is 53.1 Å². The molecule has 11 heteroatoms. The van der Waals surface area contributed by atoms with E-state index in [1.807, 2.05) is 18.3 Å². The third kappa shape index (κ3) is 5.11. The molecule has 2 N–H and O–H groups in total. The van der Waals surface area contributed by atoms with Crippen molar-refractivity contribution in [2.45, 2.75) is 39.2 Å². The second-order valence-corrected chi connectivity index (χ2v) is 11.0. The van der Waals surface area contributed by atoms with Crippen LogP contribution in [-0.2, 0) is 0 Å². The second kappa shape index (κ2) is 10.5. The summed E-state index contributed by atoms with van der Waals surface area (Å²) >= 11 is 1.42. The van der Waals surface area contributed by atoms with Crippen molar-refractivity contribution in [3.8, 4) is 16.3 Å². The maximum Gasteiger partial charge on any atom is 0.260 e. The highest BCUT2D eigenvalue weighted by Crippen LogP contribution is 2.35. The van der Waals surface area contributed by atoms with Gasteiger partial charge in [0.15, 0.2) is 0 Å². The molecule has 0 atom stereocenters. The van der Waals surface area contributed by atoms with Crippen molar-refractivity contribution < 1.29 is 14.3 Å². The molecule has 0 unspecified atom stereocenters. The summed E-state index contributed by atoms with van der Waals surface area (Å²) in [6.07, 6.45) is 8.92. The second-order valence-electron chi connectivity index (χ2n) is 9.93. The fourth-order valence-corrected chi connectivity index (χ4v) is 5.84. The van der Waals surface area contributed by atoms with Crippen molar-refractivity contribution in [1.29, 1.82) is 0 Å². The number of ether oxygens (including phenoxy) is 1. The van der Waals surface area contributed by atoms with Gasteiger partial charge in [-0.1, -0.05) is 0 Å². The maximum atomic E-state index is 13.2. The van der Waals surface area contributed by atoms with E-state index in [0.29, 0.717) is 39.8 Å². The summed E-state index contributed by atoms with van der Waals surface area (Å²) in [7, 11) is 1.57. The highest BCUT2D eigenvalue weighted by Gasteiger charge is 2.31. The zero-order valence-corrected chi connectivity index (χ0v) is 22.8. The van der Waals surface area contributed by atoms with E-state index >= 15 is 0 Å². The van der Waals surface area contributed by atoms with Crippen molar-refractivity contribution in [3.05, 3.63) is 59.8 Å². The monoisotopic (exact) mass is 533 g/mol. The number of aryl methyl sites for hydroxylation is 1. The lowest BCUT2D eigenvalue weighted by Crippen LogP contribution is -2.43. The van der Waals surface area contributed by atoms with Crippen LogP contribution in [0.5, 0.6) is 5.88 Å². The Balaban J connectivity index is 1.29. The number of methoxy groups -OCH3 is 1. The summed E-state index contributed by atoms with van der Waals surface area (Å²) < 4.78 is 7.04. The van der Waals surface area contributed by atoms with Gasteiger partial charge in [0.25, 0.3) is 11.8 Å². The first-order chi connectivity index (χ1) is 18.3. The number of rotatable bonds is 8. The molecular weight excluding hydrogens is 502 g/mol. The summed E-state index contributed by atoms with van der Waals surface area (Å²) in [5.74, 6) is -0.0412. The topological polar surface area (TPSA) is 114 Å². The van der Waals surface area contributed by atoms with Gasteiger partial charge in [0, 0.05) is 37.2 Å². The number of amides is 2. The van der Waals surface area contributed by atoms with Crippen LogP contribution in [-0.4, -0.2) is 68.6 Å². The van der Waals surface area contributed by atoms with Crippen LogP contribution in [0.25, 0.3) is 15.3 Å². The van der Waals surface area contributed by atoms with Crippen molar-refractivity contribution in [2.75, 3.05) is 32.1 Å². The SMILES string of the molecule is COc1ncccc1-c1cn2ncc(C(=O)Nc3cc(C(=O)NCCN4CCCC4(C)C)cnc3C)c2s1. The number of thiazole rings is 1. The molecule has 0 spiro atoms. The number of hydrogen-bond donors (Lipinski definition) is 2. The molecule has 0 radical (unpaired) electrons. The van der Waals surface area contributed by atoms with E-state index in [9.17, 15) is 9.59 Å². The number of nitrogens with zero attached hydrogens (tertiary/aromatic N) is 5. The molecule has 1 fully saturated rings.